The molecule has 0 aliphatic rings. The van der Waals surface area contributed by atoms with Gasteiger partial charge in [0.15, 0.2) is 0 Å². The average Bonchev–Trinajstić information content (AvgIpc) is 2.38. The summed E-state index contributed by atoms with van der Waals surface area (Å²) < 4.78 is 0. The topological polar surface area (TPSA) is 151 Å². The van der Waals surface area contributed by atoms with Gasteiger partial charge in [0.25, 0.3) is 0 Å². The van der Waals surface area contributed by atoms with Crippen molar-refractivity contribution in [2.24, 2.45) is 5.92 Å². The number of carboxylic acid groups (broad SMARTS) is 2. The summed E-state index contributed by atoms with van der Waals surface area (Å²) in [6.07, 6.45) is 0.0386. The summed E-state index contributed by atoms with van der Waals surface area (Å²) in [4.78, 5) is 20.6. The molecule has 0 radical (unpaired) electrons. The number of nitrogens with one attached hydrogen (secondary N) is 3. The fourth-order valence-electron chi connectivity index (χ4n) is 1.96. The molecule has 2 amide bonds. The summed E-state index contributed by atoms with van der Waals surface area (Å²) in [5, 5.41) is 41.5. The highest BCUT2D eigenvalue weighted by molar-refractivity contribution is 5.64. The van der Waals surface area contributed by atoms with Crippen LogP contribution in [-0.4, -0.2) is 58.7 Å². The zero-order valence-electron chi connectivity index (χ0n) is 11.9. The van der Waals surface area contributed by atoms with Crippen LogP contribution >= 0.6 is 0 Å². The molecule has 0 rings (SSSR count). The van der Waals surface area contributed by atoms with E-state index in [0.717, 1.165) is 19.3 Å². The van der Waals surface area contributed by atoms with Gasteiger partial charge in [0, 0.05) is 19.6 Å². The molecule has 0 bridgehead atoms. The summed E-state index contributed by atoms with van der Waals surface area (Å²) in [6, 6.07) is 0. The number of rotatable bonds is 12. The first-order valence-corrected chi connectivity index (χ1v) is 6.95. The highest BCUT2D eigenvalue weighted by Crippen LogP contribution is 2.14. The first-order valence-electron chi connectivity index (χ1n) is 6.95. The Morgan fingerprint density at radius 3 is 1.90 bits per heavy atom. The molecule has 7 N–H and O–H groups in total. The third-order valence-corrected chi connectivity index (χ3v) is 2.97. The van der Waals surface area contributed by atoms with Crippen LogP contribution in [0.1, 0.15) is 32.1 Å². The summed E-state index contributed by atoms with van der Waals surface area (Å²) in [5.74, 6) is 0.173. The van der Waals surface area contributed by atoms with E-state index >= 15 is 0 Å². The molecule has 1 atom stereocenters. The molecule has 0 spiro atoms. The van der Waals surface area contributed by atoms with Crippen LogP contribution in [-0.2, 0) is 0 Å². The highest BCUT2D eigenvalue weighted by atomic mass is 16.5. The van der Waals surface area contributed by atoms with Crippen molar-refractivity contribution >= 4 is 12.2 Å². The zero-order valence-corrected chi connectivity index (χ0v) is 11.9. The van der Waals surface area contributed by atoms with E-state index < -0.39 is 18.6 Å². The molecular formula is C12H25N3O6. The van der Waals surface area contributed by atoms with Gasteiger partial charge in [0.1, 0.15) is 0 Å². The van der Waals surface area contributed by atoms with Crippen molar-refractivity contribution in [1.29, 1.82) is 0 Å². The molecule has 21 heavy (non-hydrogen) atoms. The standard InChI is InChI=1S/C12H25N3O6/c16-10(17)13-6-2-1-4-9(8-15-12(20)21)5-3-7-14-11(18)19/h9,12-15,20-21H,1-8H2,(H,16,17)(H,18,19). The maximum atomic E-state index is 10.3. The van der Waals surface area contributed by atoms with Crippen LogP contribution in [0.4, 0.5) is 9.59 Å². The van der Waals surface area contributed by atoms with Gasteiger partial charge in [-0.25, -0.2) is 9.59 Å². The maximum absolute atomic E-state index is 10.3. The van der Waals surface area contributed by atoms with E-state index in [9.17, 15) is 9.59 Å². The van der Waals surface area contributed by atoms with Gasteiger partial charge in [-0.05, 0) is 31.6 Å². The maximum Gasteiger partial charge on any atom is 0.404 e. The molecule has 0 saturated heterocycles. The van der Waals surface area contributed by atoms with Gasteiger partial charge in [-0.1, -0.05) is 6.42 Å². The van der Waals surface area contributed by atoms with Crippen LogP contribution < -0.4 is 16.0 Å². The van der Waals surface area contributed by atoms with Crippen LogP contribution in [0, 0.1) is 5.92 Å². The summed E-state index contributed by atoms with van der Waals surface area (Å²) in [6.45, 7) is 1.16. The van der Waals surface area contributed by atoms with Crippen molar-refractivity contribution in [2.45, 2.75) is 38.5 Å². The Kier molecular flexibility index (Phi) is 11.3. The molecule has 9 nitrogen and oxygen atoms in total. The van der Waals surface area contributed by atoms with E-state index in [1.54, 1.807) is 0 Å². The number of carbonyl (C=O) groups is 2. The Labute approximate surface area is 123 Å². The van der Waals surface area contributed by atoms with E-state index in [1.165, 1.54) is 0 Å². The van der Waals surface area contributed by atoms with Gasteiger partial charge in [0.05, 0.1) is 0 Å². The van der Waals surface area contributed by atoms with Crippen molar-refractivity contribution < 1.29 is 30.0 Å². The van der Waals surface area contributed by atoms with Crippen LogP contribution in [0.3, 0.4) is 0 Å². The van der Waals surface area contributed by atoms with Crippen LogP contribution in [0.25, 0.3) is 0 Å². The fourth-order valence-corrected chi connectivity index (χ4v) is 1.96. The summed E-state index contributed by atoms with van der Waals surface area (Å²) in [7, 11) is 0. The van der Waals surface area contributed by atoms with Gasteiger partial charge in [-0.3, -0.25) is 5.32 Å². The quantitative estimate of drug-likeness (QED) is 0.197. The largest absolute Gasteiger partial charge is 0.465 e. The fraction of sp³-hybridized carbons (Fsp3) is 0.833. The van der Waals surface area contributed by atoms with Gasteiger partial charge in [0.2, 0.25) is 6.41 Å². The van der Waals surface area contributed by atoms with Crippen LogP contribution in [0.5, 0.6) is 0 Å². The van der Waals surface area contributed by atoms with Crippen LogP contribution in [0.2, 0.25) is 0 Å². The van der Waals surface area contributed by atoms with Gasteiger partial charge in [-0.15, -0.1) is 0 Å². The minimum absolute atomic E-state index is 0.173. The third-order valence-electron chi connectivity index (χ3n) is 2.97. The second-order valence-electron chi connectivity index (χ2n) is 4.75. The van der Waals surface area contributed by atoms with E-state index in [1.807, 2.05) is 0 Å². The molecule has 0 aromatic heterocycles. The lowest BCUT2D eigenvalue weighted by atomic mass is 9.96. The molecule has 9 heteroatoms. The Morgan fingerprint density at radius 1 is 0.857 bits per heavy atom. The van der Waals surface area contributed by atoms with Crippen molar-refractivity contribution in [1.82, 2.24) is 16.0 Å². The van der Waals surface area contributed by atoms with E-state index in [4.69, 9.17) is 20.4 Å². The Balaban J connectivity index is 3.84. The minimum atomic E-state index is -1.57. The monoisotopic (exact) mass is 307 g/mol. The number of aliphatic hydroxyl groups excluding tert-OH is 1. The molecule has 124 valence electrons. The van der Waals surface area contributed by atoms with Crippen molar-refractivity contribution in [2.75, 3.05) is 19.6 Å². The third kappa shape index (κ3) is 14.6. The predicted molar refractivity (Wildman–Crippen MR) is 74.9 cm³/mol. The lowest BCUT2D eigenvalue weighted by Crippen LogP contribution is -2.33. The molecule has 0 heterocycles. The molecule has 1 unspecified atom stereocenters. The lowest BCUT2D eigenvalue weighted by Gasteiger charge is -2.18. The van der Waals surface area contributed by atoms with Gasteiger partial charge < -0.3 is 31.1 Å². The SMILES string of the molecule is O=C(O)NCCCCC(CCCNC(=O)O)CNC(O)O. The lowest BCUT2D eigenvalue weighted by molar-refractivity contribution is -0.0681. The van der Waals surface area contributed by atoms with E-state index in [-0.39, 0.29) is 5.92 Å². The van der Waals surface area contributed by atoms with E-state index in [0.29, 0.717) is 32.5 Å². The number of amides is 2. The van der Waals surface area contributed by atoms with E-state index in [2.05, 4.69) is 16.0 Å². The molecule has 0 aliphatic carbocycles. The Morgan fingerprint density at radius 2 is 1.38 bits per heavy atom. The van der Waals surface area contributed by atoms with Crippen molar-refractivity contribution in [3.05, 3.63) is 0 Å². The first kappa shape index (κ1) is 19.4. The number of hydrogen-bond donors (Lipinski definition) is 7. The second-order valence-corrected chi connectivity index (χ2v) is 4.75. The Bertz CT molecular complexity index is 301. The number of aliphatic hydroxyl groups is 2. The molecular weight excluding hydrogens is 282 g/mol. The molecule has 0 aromatic carbocycles. The van der Waals surface area contributed by atoms with Crippen molar-refractivity contribution in [3.8, 4) is 0 Å². The molecule has 0 fully saturated rings. The van der Waals surface area contributed by atoms with Crippen molar-refractivity contribution in [3.63, 3.8) is 0 Å². The minimum Gasteiger partial charge on any atom is -0.465 e. The predicted octanol–water partition coefficient (Wildman–Crippen LogP) is -0.0539. The highest BCUT2D eigenvalue weighted by Gasteiger charge is 2.10. The van der Waals surface area contributed by atoms with Gasteiger partial charge >= 0.3 is 12.2 Å². The Hall–Kier alpha value is -1.58. The number of hydrogen-bond acceptors (Lipinski definition) is 5. The zero-order chi connectivity index (χ0) is 16.1. The molecule has 0 saturated carbocycles. The summed E-state index contributed by atoms with van der Waals surface area (Å²) in [5.41, 5.74) is 0. The van der Waals surface area contributed by atoms with Crippen LogP contribution in [0.15, 0.2) is 0 Å². The normalized spacial score (nSPS) is 12.1. The molecule has 0 aliphatic heterocycles. The molecule has 0 aromatic rings. The smallest absolute Gasteiger partial charge is 0.404 e. The second kappa shape index (κ2) is 12.2. The average molecular weight is 307 g/mol. The number of unbranched alkanes of at least 4 members (excludes halogenated alkanes) is 1. The first-order chi connectivity index (χ1) is 9.91. The summed E-state index contributed by atoms with van der Waals surface area (Å²) >= 11 is 0. The van der Waals surface area contributed by atoms with Gasteiger partial charge in [-0.2, -0.15) is 0 Å².